The lowest BCUT2D eigenvalue weighted by atomic mass is 9.72. The maximum atomic E-state index is 14.2. The van der Waals surface area contributed by atoms with E-state index in [1.807, 2.05) is 25.7 Å². The highest BCUT2D eigenvalue weighted by Gasteiger charge is 2.47. The fourth-order valence-electron chi connectivity index (χ4n) is 6.09. The van der Waals surface area contributed by atoms with Gasteiger partial charge in [0.2, 0.25) is 5.91 Å². The van der Waals surface area contributed by atoms with Gasteiger partial charge >= 0.3 is 0 Å². The van der Waals surface area contributed by atoms with Gasteiger partial charge in [0.25, 0.3) is 11.8 Å². The highest BCUT2D eigenvalue weighted by Crippen LogP contribution is 2.44. The van der Waals surface area contributed by atoms with Gasteiger partial charge in [-0.1, -0.05) is 6.92 Å². The van der Waals surface area contributed by atoms with E-state index in [4.69, 9.17) is 4.74 Å². The van der Waals surface area contributed by atoms with Crippen molar-refractivity contribution in [1.29, 1.82) is 0 Å². The Bertz CT molecular complexity index is 1210. The normalized spacial score (nSPS) is 22.2. The van der Waals surface area contributed by atoms with E-state index in [-0.39, 0.29) is 46.5 Å². The molecular weight excluding hydrogens is 501 g/mol. The Morgan fingerprint density at radius 2 is 2.00 bits per heavy atom. The minimum Gasteiger partial charge on any atom is -0.434 e. The lowest BCUT2D eigenvalue weighted by Gasteiger charge is -2.54. The number of likely N-dealkylation sites (tertiary alicyclic amines) is 1. The summed E-state index contributed by atoms with van der Waals surface area (Å²) >= 11 is 0. The maximum Gasteiger partial charge on any atom is 0.282 e. The van der Waals surface area contributed by atoms with Crippen LogP contribution in [-0.2, 0) is 4.79 Å². The number of aromatic nitrogens is 3. The summed E-state index contributed by atoms with van der Waals surface area (Å²) in [6.45, 7) is 12.3. The minimum atomic E-state index is -0.518. The molecular formula is C28H38FN7O3. The zero-order valence-corrected chi connectivity index (χ0v) is 23.2. The van der Waals surface area contributed by atoms with Crippen LogP contribution in [0.5, 0.6) is 11.6 Å². The molecule has 10 nitrogen and oxygen atoms in total. The Morgan fingerprint density at radius 1 is 1.26 bits per heavy atom. The van der Waals surface area contributed by atoms with Gasteiger partial charge in [-0.2, -0.15) is 0 Å². The summed E-state index contributed by atoms with van der Waals surface area (Å²) < 4.78 is 20.3. The van der Waals surface area contributed by atoms with Gasteiger partial charge in [0.1, 0.15) is 17.9 Å². The summed E-state index contributed by atoms with van der Waals surface area (Å²) in [5.74, 6) is 0.698. The number of nitrogens with zero attached hydrogens (tertiary/aromatic N) is 6. The number of benzene rings is 1. The second kappa shape index (κ2) is 11.0. The van der Waals surface area contributed by atoms with Gasteiger partial charge in [0.15, 0.2) is 5.82 Å². The molecule has 1 aromatic carbocycles. The molecule has 1 spiro atoms. The summed E-state index contributed by atoms with van der Waals surface area (Å²) in [7, 11) is 0. The van der Waals surface area contributed by atoms with Crippen molar-refractivity contribution in [2.75, 3.05) is 44.2 Å². The largest absolute Gasteiger partial charge is 0.434 e. The number of rotatable bonds is 7. The van der Waals surface area contributed by atoms with Crippen molar-refractivity contribution in [3.05, 3.63) is 35.9 Å². The summed E-state index contributed by atoms with van der Waals surface area (Å²) in [4.78, 5) is 36.4. The molecule has 3 aliphatic heterocycles. The first-order valence-electron chi connectivity index (χ1n) is 13.9. The van der Waals surface area contributed by atoms with Gasteiger partial charge in [0.05, 0.1) is 11.6 Å². The highest BCUT2D eigenvalue weighted by atomic mass is 19.1. The van der Waals surface area contributed by atoms with Crippen molar-refractivity contribution in [3.63, 3.8) is 0 Å². The molecule has 2 aromatic rings. The molecule has 0 saturated carbocycles. The van der Waals surface area contributed by atoms with Crippen molar-refractivity contribution in [3.8, 4) is 11.6 Å². The third-order valence-corrected chi connectivity index (χ3v) is 8.46. The van der Waals surface area contributed by atoms with E-state index in [2.05, 4.69) is 32.3 Å². The van der Waals surface area contributed by atoms with Crippen molar-refractivity contribution in [2.45, 2.75) is 59.0 Å². The summed E-state index contributed by atoms with van der Waals surface area (Å²) in [6, 6.07) is 3.79. The molecule has 3 aliphatic rings. The van der Waals surface area contributed by atoms with E-state index in [0.29, 0.717) is 18.3 Å². The van der Waals surface area contributed by atoms with Gasteiger partial charge in [-0.25, -0.2) is 9.37 Å². The number of nitrogens with one attached hydrogen (secondary N) is 1. The molecule has 0 unspecified atom stereocenters. The Morgan fingerprint density at radius 3 is 2.64 bits per heavy atom. The van der Waals surface area contributed by atoms with Gasteiger partial charge in [-0.05, 0) is 70.7 Å². The first kappa shape index (κ1) is 27.2. The number of carbonyl (C=O) groups is 2. The topological polar surface area (TPSA) is 104 Å². The number of halogens is 1. The Labute approximate surface area is 228 Å². The number of hydrogen-bond acceptors (Lipinski definition) is 8. The molecule has 0 bridgehead atoms. The molecule has 0 aliphatic carbocycles. The summed E-state index contributed by atoms with van der Waals surface area (Å²) in [6.07, 6.45) is 4.29. The van der Waals surface area contributed by atoms with E-state index in [1.54, 1.807) is 4.90 Å². The number of carbonyl (C=O) groups excluding carboxylic acids is 2. The van der Waals surface area contributed by atoms with Gasteiger partial charge in [-0.3, -0.25) is 9.59 Å². The van der Waals surface area contributed by atoms with Crippen LogP contribution in [0.3, 0.4) is 0 Å². The second-order valence-electron chi connectivity index (χ2n) is 11.4. The average Bonchev–Trinajstić information content (AvgIpc) is 3.34. The van der Waals surface area contributed by atoms with Crippen LogP contribution >= 0.6 is 0 Å². The maximum absolute atomic E-state index is 14.2. The summed E-state index contributed by atoms with van der Waals surface area (Å²) in [5.41, 5.74) is 0.245. The predicted molar refractivity (Wildman–Crippen MR) is 144 cm³/mol. The third kappa shape index (κ3) is 5.41. The lowest BCUT2D eigenvalue weighted by molar-refractivity contribution is -0.136. The lowest BCUT2D eigenvalue weighted by Crippen LogP contribution is -2.62. The first-order chi connectivity index (χ1) is 18.7. The van der Waals surface area contributed by atoms with Crippen LogP contribution in [0.2, 0.25) is 0 Å². The standard InChI is InChI=1S/C28H38FN7O3/c1-5-36(18(2)3)26(37)21-14-20(29)6-7-22(21)39-25-24(31-17-32-33-25)35-15-28(16-35)9-12-34(13-10-28)27(38)23-19(4)8-11-30-23/h6-7,14,17-19,23,30H,5,8-13,15-16H2,1-4H3/t19-,23-/m0/s1. The predicted octanol–water partition coefficient (Wildman–Crippen LogP) is 3.10. The first-order valence-corrected chi connectivity index (χ1v) is 13.9. The van der Waals surface area contributed by atoms with Crippen LogP contribution in [-0.4, -0.2) is 88.1 Å². The van der Waals surface area contributed by atoms with E-state index in [1.165, 1.54) is 24.5 Å². The number of piperidine rings is 1. The molecule has 2 amide bonds. The zero-order valence-electron chi connectivity index (χ0n) is 23.2. The molecule has 0 radical (unpaired) electrons. The van der Waals surface area contributed by atoms with Crippen LogP contribution < -0.4 is 15.0 Å². The smallest absolute Gasteiger partial charge is 0.282 e. The van der Waals surface area contributed by atoms with Crippen LogP contribution in [0.1, 0.15) is 57.3 Å². The van der Waals surface area contributed by atoms with E-state index in [0.717, 1.165) is 52.0 Å². The molecule has 5 rings (SSSR count). The van der Waals surface area contributed by atoms with Crippen molar-refractivity contribution >= 4 is 17.6 Å². The Balaban J connectivity index is 1.27. The van der Waals surface area contributed by atoms with Crippen LogP contribution in [0.4, 0.5) is 10.2 Å². The van der Waals surface area contributed by atoms with Crippen molar-refractivity contribution in [2.24, 2.45) is 11.3 Å². The highest BCUT2D eigenvalue weighted by molar-refractivity contribution is 5.97. The molecule has 1 aromatic heterocycles. The van der Waals surface area contributed by atoms with Crippen molar-refractivity contribution < 1.29 is 18.7 Å². The fraction of sp³-hybridized carbons (Fsp3) is 0.607. The van der Waals surface area contributed by atoms with Crippen LogP contribution in [0.15, 0.2) is 24.5 Å². The van der Waals surface area contributed by atoms with Crippen molar-refractivity contribution in [1.82, 2.24) is 30.3 Å². The second-order valence-corrected chi connectivity index (χ2v) is 11.4. The number of ether oxygens (including phenoxy) is 1. The van der Waals surface area contributed by atoms with E-state index >= 15 is 0 Å². The van der Waals surface area contributed by atoms with Crippen LogP contribution in [0, 0.1) is 17.2 Å². The third-order valence-electron chi connectivity index (χ3n) is 8.46. The molecule has 4 heterocycles. The van der Waals surface area contributed by atoms with Gasteiger partial charge < -0.3 is 24.8 Å². The molecule has 2 atom stereocenters. The van der Waals surface area contributed by atoms with E-state index < -0.39 is 5.82 Å². The molecule has 3 saturated heterocycles. The Hall–Kier alpha value is -3.34. The molecule has 39 heavy (non-hydrogen) atoms. The monoisotopic (exact) mass is 539 g/mol. The van der Waals surface area contributed by atoms with Gasteiger partial charge in [-0.15, -0.1) is 10.2 Å². The quantitative estimate of drug-likeness (QED) is 0.573. The molecule has 210 valence electrons. The molecule has 1 N–H and O–H groups in total. The van der Waals surface area contributed by atoms with E-state index in [9.17, 15) is 14.0 Å². The average molecular weight is 540 g/mol. The molecule has 11 heteroatoms. The number of anilines is 1. The fourth-order valence-corrected chi connectivity index (χ4v) is 6.09. The zero-order chi connectivity index (χ0) is 27.7. The molecule has 3 fully saturated rings. The summed E-state index contributed by atoms with van der Waals surface area (Å²) in [5, 5.41) is 11.4. The minimum absolute atomic E-state index is 0.0517. The van der Waals surface area contributed by atoms with Crippen LogP contribution in [0.25, 0.3) is 0 Å². The number of hydrogen-bond donors (Lipinski definition) is 1. The van der Waals surface area contributed by atoms with Gasteiger partial charge in [0, 0.05) is 44.2 Å². The number of amides is 2. The SMILES string of the molecule is CCN(C(=O)c1cc(F)ccc1Oc1nncnc1N1CC2(CCN(C(=O)[C@H]3NCC[C@@H]3C)CC2)C1)C(C)C. The Kier molecular flexibility index (Phi) is 7.70.